The number of rotatable bonds is 4. The second-order valence-corrected chi connectivity index (χ2v) is 6.27. The molecule has 0 aliphatic heterocycles. The molecule has 0 aromatic heterocycles. The van der Waals surface area contributed by atoms with Gasteiger partial charge in [-0.3, -0.25) is 4.79 Å². The first kappa shape index (κ1) is 14.4. The van der Waals surface area contributed by atoms with Crippen molar-refractivity contribution in [3.8, 4) is 0 Å². The molecule has 0 saturated heterocycles. The Kier molecular flexibility index (Phi) is 4.93. The third-order valence-corrected chi connectivity index (χ3v) is 3.51. The molecule has 0 saturated carbocycles. The quantitative estimate of drug-likeness (QED) is 0.860. The Morgan fingerprint density at radius 1 is 1.47 bits per heavy atom. The summed E-state index contributed by atoms with van der Waals surface area (Å²) in [7, 11) is -3.57. The van der Waals surface area contributed by atoms with Gasteiger partial charge in [0.25, 0.3) is 5.91 Å². The molecule has 0 fully saturated rings. The lowest BCUT2D eigenvalue weighted by atomic mass is 10.2. The fourth-order valence-electron chi connectivity index (χ4n) is 1.08. The van der Waals surface area contributed by atoms with Gasteiger partial charge in [0.1, 0.15) is 0 Å². The molecule has 0 aliphatic rings. The first-order chi connectivity index (χ1) is 7.79. The van der Waals surface area contributed by atoms with Gasteiger partial charge in [0, 0.05) is 16.0 Å². The third kappa shape index (κ3) is 5.03. The number of sulfonamides is 1. The maximum Gasteiger partial charge on any atom is 0.252 e. The molecule has 0 unspecified atom stereocenters. The number of benzene rings is 1. The minimum atomic E-state index is -3.57. The molecule has 1 amide bonds. The molecule has 0 heterocycles. The number of halogens is 2. The van der Waals surface area contributed by atoms with E-state index in [1.54, 1.807) is 18.2 Å². The minimum Gasteiger partial charge on any atom is -0.351 e. The number of nitrogens with one attached hydrogen (secondary N) is 1. The number of carbonyl (C=O) groups excluding carboxylic acids is 1. The summed E-state index contributed by atoms with van der Waals surface area (Å²) in [6.45, 7) is -0.0350. The molecule has 0 aliphatic carbocycles. The zero-order valence-corrected chi connectivity index (χ0v) is 11.8. The smallest absolute Gasteiger partial charge is 0.252 e. The van der Waals surface area contributed by atoms with Crippen LogP contribution in [0.25, 0.3) is 0 Å². The van der Waals surface area contributed by atoms with Gasteiger partial charge >= 0.3 is 0 Å². The van der Waals surface area contributed by atoms with Crippen LogP contribution in [-0.2, 0) is 10.0 Å². The van der Waals surface area contributed by atoms with Crippen molar-refractivity contribution in [2.45, 2.75) is 0 Å². The molecule has 1 rings (SSSR count). The van der Waals surface area contributed by atoms with Crippen molar-refractivity contribution >= 4 is 43.5 Å². The molecule has 1 aromatic rings. The van der Waals surface area contributed by atoms with E-state index in [0.29, 0.717) is 15.1 Å². The second-order valence-electron chi connectivity index (χ2n) is 3.25. The molecule has 0 bridgehead atoms. The van der Waals surface area contributed by atoms with Crippen LogP contribution >= 0.6 is 27.5 Å². The molecule has 0 spiro atoms. The van der Waals surface area contributed by atoms with Crippen LogP contribution in [-0.4, -0.2) is 26.6 Å². The predicted molar refractivity (Wildman–Crippen MR) is 69.5 cm³/mol. The molecule has 3 N–H and O–H groups in total. The van der Waals surface area contributed by atoms with Gasteiger partial charge in [-0.15, -0.1) is 0 Å². The van der Waals surface area contributed by atoms with Gasteiger partial charge in [-0.25, -0.2) is 13.6 Å². The van der Waals surface area contributed by atoms with Crippen molar-refractivity contribution in [1.82, 2.24) is 5.32 Å². The summed E-state index contributed by atoms with van der Waals surface area (Å²) in [6.07, 6.45) is 0. The standard InChI is InChI=1S/C9H10BrClN2O3S/c10-8-5-6(11)1-2-7(8)9(14)13-3-4-17(12,15)16/h1-2,5H,3-4H2,(H,13,14)(H2,12,15,16). The number of hydrogen-bond donors (Lipinski definition) is 2. The summed E-state index contributed by atoms with van der Waals surface area (Å²) in [6, 6.07) is 4.69. The fourth-order valence-corrected chi connectivity index (χ4v) is 2.32. The average Bonchev–Trinajstić information content (AvgIpc) is 2.15. The summed E-state index contributed by atoms with van der Waals surface area (Å²) in [4.78, 5) is 11.6. The van der Waals surface area contributed by atoms with E-state index in [1.807, 2.05) is 0 Å². The molecule has 0 radical (unpaired) electrons. The molecule has 1 aromatic carbocycles. The fraction of sp³-hybridized carbons (Fsp3) is 0.222. The average molecular weight is 342 g/mol. The van der Waals surface area contributed by atoms with Gasteiger partial charge < -0.3 is 5.32 Å². The van der Waals surface area contributed by atoms with E-state index >= 15 is 0 Å². The van der Waals surface area contributed by atoms with Gasteiger partial charge in [-0.1, -0.05) is 11.6 Å². The number of carbonyl (C=O) groups is 1. The molecule has 17 heavy (non-hydrogen) atoms. The van der Waals surface area contributed by atoms with Crippen LogP contribution in [0.4, 0.5) is 0 Å². The number of primary sulfonamides is 1. The Balaban J connectivity index is 2.65. The van der Waals surface area contributed by atoms with Crippen LogP contribution in [0.1, 0.15) is 10.4 Å². The Morgan fingerprint density at radius 3 is 2.65 bits per heavy atom. The lowest BCUT2D eigenvalue weighted by Crippen LogP contribution is -2.31. The van der Waals surface area contributed by atoms with Gasteiger partial charge in [-0.05, 0) is 34.1 Å². The first-order valence-corrected chi connectivity index (χ1v) is 7.42. The SMILES string of the molecule is NS(=O)(=O)CCNC(=O)c1ccc(Cl)cc1Br. The van der Waals surface area contributed by atoms with Gasteiger partial charge in [0.2, 0.25) is 10.0 Å². The summed E-state index contributed by atoms with van der Waals surface area (Å²) < 4.78 is 21.9. The van der Waals surface area contributed by atoms with E-state index < -0.39 is 15.9 Å². The highest BCUT2D eigenvalue weighted by molar-refractivity contribution is 9.10. The van der Waals surface area contributed by atoms with Crippen molar-refractivity contribution in [3.05, 3.63) is 33.3 Å². The second kappa shape index (κ2) is 5.81. The van der Waals surface area contributed by atoms with E-state index in [1.165, 1.54) is 0 Å². The van der Waals surface area contributed by atoms with Crippen molar-refractivity contribution in [2.24, 2.45) is 5.14 Å². The monoisotopic (exact) mass is 340 g/mol. The van der Waals surface area contributed by atoms with Crippen LogP contribution in [0, 0.1) is 0 Å². The summed E-state index contributed by atoms with van der Waals surface area (Å²) >= 11 is 8.92. The summed E-state index contributed by atoms with van der Waals surface area (Å²) in [5.74, 6) is -0.693. The maximum atomic E-state index is 11.6. The molecular formula is C9H10BrClN2O3S. The third-order valence-electron chi connectivity index (χ3n) is 1.85. The van der Waals surface area contributed by atoms with Crippen molar-refractivity contribution in [3.63, 3.8) is 0 Å². The normalized spacial score (nSPS) is 11.2. The highest BCUT2D eigenvalue weighted by Crippen LogP contribution is 2.21. The Morgan fingerprint density at radius 2 is 2.12 bits per heavy atom. The molecule has 0 atom stereocenters. The Labute approximate surface area is 113 Å². The number of hydrogen-bond acceptors (Lipinski definition) is 3. The van der Waals surface area contributed by atoms with E-state index in [4.69, 9.17) is 16.7 Å². The zero-order chi connectivity index (χ0) is 13.1. The van der Waals surface area contributed by atoms with Crippen LogP contribution < -0.4 is 10.5 Å². The Hall–Kier alpha value is -0.630. The number of nitrogens with two attached hydrogens (primary N) is 1. The van der Waals surface area contributed by atoms with Crippen molar-refractivity contribution in [1.29, 1.82) is 0 Å². The molecule has 5 nitrogen and oxygen atoms in total. The number of amides is 1. The van der Waals surface area contributed by atoms with E-state index in [-0.39, 0.29) is 12.3 Å². The highest BCUT2D eigenvalue weighted by atomic mass is 79.9. The van der Waals surface area contributed by atoms with Crippen molar-refractivity contribution < 1.29 is 13.2 Å². The van der Waals surface area contributed by atoms with Gasteiger partial charge in [-0.2, -0.15) is 0 Å². The maximum absolute atomic E-state index is 11.6. The van der Waals surface area contributed by atoms with Crippen LogP contribution in [0.3, 0.4) is 0 Å². The minimum absolute atomic E-state index is 0.0350. The summed E-state index contributed by atoms with van der Waals surface area (Å²) in [5.41, 5.74) is 0.379. The van der Waals surface area contributed by atoms with E-state index in [9.17, 15) is 13.2 Å². The largest absolute Gasteiger partial charge is 0.351 e. The van der Waals surface area contributed by atoms with Crippen LogP contribution in [0.15, 0.2) is 22.7 Å². The van der Waals surface area contributed by atoms with Crippen LogP contribution in [0.2, 0.25) is 5.02 Å². The molecule has 94 valence electrons. The zero-order valence-electron chi connectivity index (χ0n) is 8.61. The van der Waals surface area contributed by atoms with E-state index in [0.717, 1.165) is 0 Å². The predicted octanol–water partition coefficient (Wildman–Crippen LogP) is 1.12. The van der Waals surface area contributed by atoms with Crippen molar-refractivity contribution in [2.75, 3.05) is 12.3 Å². The highest BCUT2D eigenvalue weighted by Gasteiger charge is 2.11. The lowest BCUT2D eigenvalue weighted by molar-refractivity contribution is 0.0955. The lowest BCUT2D eigenvalue weighted by Gasteiger charge is -2.06. The topological polar surface area (TPSA) is 89.3 Å². The van der Waals surface area contributed by atoms with Gasteiger partial charge in [0.15, 0.2) is 0 Å². The molecule has 8 heteroatoms. The summed E-state index contributed by atoms with van der Waals surface area (Å²) in [5, 5.41) is 7.75. The van der Waals surface area contributed by atoms with E-state index in [2.05, 4.69) is 21.2 Å². The first-order valence-electron chi connectivity index (χ1n) is 4.53. The molecular weight excluding hydrogens is 332 g/mol. The Bertz CT molecular complexity index is 533. The van der Waals surface area contributed by atoms with Crippen LogP contribution in [0.5, 0.6) is 0 Å². The van der Waals surface area contributed by atoms with Gasteiger partial charge in [0.05, 0.1) is 11.3 Å².